The zero-order valence-electron chi connectivity index (χ0n) is 20.9. The average Bonchev–Trinajstić information content (AvgIpc) is 3.00. The molecule has 0 saturated heterocycles. The molecule has 7 heteroatoms. The van der Waals surface area contributed by atoms with E-state index in [2.05, 4.69) is 26.8 Å². The Morgan fingerprint density at radius 2 is 1.85 bits per heavy atom. The van der Waals surface area contributed by atoms with E-state index in [-0.39, 0.29) is 41.0 Å². The standard InChI is InChI=1S/C26H41BF3NO2/c1-16(10-13-31(5)26(28,29)30)19-8-9-20-18-7-6-17-14-22(2,32)11-12-23(17,3)21(18)25(27,33)15-24(19,20)4/h6,16,18-21,32-33H,7-15H2,1-5H3/t16-,18?,19?,20?,21?,22+,23?,24?,25?/m1/s1. The van der Waals surface area contributed by atoms with Gasteiger partial charge in [-0.05, 0) is 106 Å². The predicted molar refractivity (Wildman–Crippen MR) is 124 cm³/mol. The van der Waals surface area contributed by atoms with Crippen LogP contribution in [0.25, 0.3) is 0 Å². The number of halogens is 3. The summed E-state index contributed by atoms with van der Waals surface area (Å²) in [5.74, 6) is 1.02. The molecule has 3 nitrogen and oxygen atoms in total. The molecule has 0 amide bonds. The molecule has 4 aliphatic rings. The summed E-state index contributed by atoms with van der Waals surface area (Å²) in [6.07, 6.45) is 4.05. The first-order valence-corrected chi connectivity index (χ1v) is 12.7. The van der Waals surface area contributed by atoms with Gasteiger partial charge in [-0.15, -0.1) is 0 Å². The number of hydrogen-bond donors (Lipinski definition) is 2. The molecule has 33 heavy (non-hydrogen) atoms. The van der Waals surface area contributed by atoms with Gasteiger partial charge in [0.05, 0.1) is 5.60 Å². The van der Waals surface area contributed by atoms with Crippen molar-refractivity contribution in [3.05, 3.63) is 11.6 Å². The Labute approximate surface area is 198 Å². The molecule has 0 heterocycles. The van der Waals surface area contributed by atoms with Gasteiger partial charge in [0.25, 0.3) is 0 Å². The van der Waals surface area contributed by atoms with Crippen molar-refractivity contribution in [2.24, 2.45) is 40.4 Å². The van der Waals surface area contributed by atoms with Crippen molar-refractivity contribution in [3.8, 4) is 0 Å². The van der Waals surface area contributed by atoms with E-state index in [1.807, 2.05) is 6.92 Å². The SMILES string of the molecule is [B]C1(O)CC2(C)C(CCC2[C@H](C)CCN(C)C(F)(F)F)C2CC=C3C[C@@](C)(O)CCC3(C)C21. The fourth-order valence-electron chi connectivity index (χ4n) is 8.90. The second-order valence-electron chi connectivity index (χ2n) is 12.8. The quantitative estimate of drug-likeness (QED) is 0.337. The maximum atomic E-state index is 13.0. The van der Waals surface area contributed by atoms with E-state index in [4.69, 9.17) is 7.85 Å². The van der Waals surface area contributed by atoms with E-state index in [9.17, 15) is 23.4 Å². The monoisotopic (exact) mass is 467 g/mol. The first-order chi connectivity index (χ1) is 15.0. The number of rotatable bonds is 4. The van der Waals surface area contributed by atoms with Crippen LogP contribution in [-0.4, -0.2) is 54.0 Å². The van der Waals surface area contributed by atoms with Crippen LogP contribution >= 0.6 is 0 Å². The van der Waals surface area contributed by atoms with Gasteiger partial charge in [0.2, 0.25) is 0 Å². The highest BCUT2D eigenvalue weighted by atomic mass is 19.4. The molecule has 3 saturated carbocycles. The molecule has 2 radical (unpaired) electrons. The van der Waals surface area contributed by atoms with E-state index in [0.29, 0.717) is 36.5 Å². The van der Waals surface area contributed by atoms with Gasteiger partial charge in [-0.2, -0.15) is 13.2 Å². The van der Waals surface area contributed by atoms with Crippen molar-refractivity contribution in [1.29, 1.82) is 0 Å². The van der Waals surface area contributed by atoms with Crippen molar-refractivity contribution in [2.75, 3.05) is 13.6 Å². The molecule has 0 bridgehead atoms. The summed E-state index contributed by atoms with van der Waals surface area (Å²) in [7, 11) is 7.90. The van der Waals surface area contributed by atoms with Gasteiger partial charge in [-0.25, -0.2) is 4.90 Å². The Morgan fingerprint density at radius 1 is 1.18 bits per heavy atom. The zero-order valence-corrected chi connectivity index (χ0v) is 20.9. The summed E-state index contributed by atoms with van der Waals surface area (Å²) in [4.78, 5) is 0.473. The van der Waals surface area contributed by atoms with Gasteiger partial charge in [0.1, 0.15) is 7.85 Å². The molecule has 2 N–H and O–H groups in total. The van der Waals surface area contributed by atoms with Crippen LogP contribution in [-0.2, 0) is 0 Å². The largest absolute Gasteiger partial charge is 0.459 e. The average molecular weight is 467 g/mol. The fraction of sp³-hybridized carbons (Fsp3) is 0.923. The minimum Gasteiger partial charge on any atom is -0.399 e. The van der Waals surface area contributed by atoms with Crippen LogP contribution in [0.5, 0.6) is 0 Å². The molecule has 7 unspecified atom stereocenters. The first-order valence-electron chi connectivity index (χ1n) is 12.7. The summed E-state index contributed by atoms with van der Waals surface area (Å²) >= 11 is 0. The lowest BCUT2D eigenvalue weighted by Crippen LogP contribution is -2.63. The Morgan fingerprint density at radius 3 is 2.48 bits per heavy atom. The topological polar surface area (TPSA) is 43.7 Å². The summed E-state index contributed by atoms with van der Waals surface area (Å²) in [6, 6.07) is 0. The van der Waals surface area contributed by atoms with Crippen LogP contribution in [0.4, 0.5) is 13.2 Å². The highest BCUT2D eigenvalue weighted by molar-refractivity contribution is 6.14. The molecule has 0 aromatic rings. The third-order valence-electron chi connectivity index (χ3n) is 10.5. The zero-order chi connectivity index (χ0) is 24.6. The third kappa shape index (κ3) is 4.22. The van der Waals surface area contributed by atoms with E-state index in [1.165, 1.54) is 5.57 Å². The molecule has 0 aromatic heterocycles. The minimum absolute atomic E-state index is 0.00897. The van der Waals surface area contributed by atoms with Crippen LogP contribution in [0.1, 0.15) is 79.1 Å². The van der Waals surface area contributed by atoms with Gasteiger partial charge in [-0.3, -0.25) is 0 Å². The van der Waals surface area contributed by atoms with E-state index in [0.717, 1.165) is 32.7 Å². The molecule has 4 rings (SSSR count). The highest BCUT2D eigenvalue weighted by Crippen LogP contribution is 2.69. The summed E-state index contributed by atoms with van der Waals surface area (Å²) in [6.45, 7) is 8.43. The smallest absolute Gasteiger partial charge is 0.399 e. The number of allylic oxidation sites excluding steroid dienone is 1. The Hall–Kier alpha value is -0.525. The highest BCUT2D eigenvalue weighted by Gasteiger charge is 2.65. The van der Waals surface area contributed by atoms with Crippen molar-refractivity contribution < 1.29 is 23.4 Å². The van der Waals surface area contributed by atoms with Crippen LogP contribution in [0.2, 0.25) is 0 Å². The molecule has 0 aromatic carbocycles. The Balaban J connectivity index is 1.58. The van der Waals surface area contributed by atoms with E-state index in [1.54, 1.807) is 0 Å². The van der Waals surface area contributed by atoms with Crippen molar-refractivity contribution >= 4 is 7.85 Å². The molecule has 0 aliphatic heterocycles. The Bertz CT molecular complexity index is 797. The van der Waals surface area contributed by atoms with Gasteiger partial charge in [0, 0.05) is 12.0 Å². The molecular formula is C26H41BF3NO2. The normalized spacial score (nSPS) is 48.6. The predicted octanol–water partition coefficient (Wildman–Crippen LogP) is 5.26. The number of nitrogens with zero attached hydrogens (tertiary/aromatic N) is 1. The lowest BCUT2D eigenvalue weighted by molar-refractivity contribution is -0.237. The van der Waals surface area contributed by atoms with Crippen LogP contribution < -0.4 is 0 Å². The second kappa shape index (κ2) is 7.99. The number of alkyl halides is 3. The molecule has 4 aliphatic carbocycles. The first kappa shape index (κ1) is 25.6. The maximum Gasteiger partial charge on any atom is 0.459 e. The summed E-state index contributed by atoms with van der Waals surface area (Å²) in [5.41, 5.74) is -1.17. The van der Waals surface area contributed by atoms with Crippen LogP contribution in [0.3, 0.4) is 0 Å². The van der Waals surface area contributed by atoms with Gasteiger partial charge in [-0.1, -0.05) is 32.4 Å². The lowest BCUT2D eigenvalue weighted by Gasteiger charge is -2.64. The number of fused-ring (bicyclic) bond motifs is 5. The van der Waals surface area contributed by atoms with Crippen LogP contribution in [0, 0.1) is 40.4 Å². The number of aliphatic hydroxyl groups is 2. The lowest BCUT2D eigenvalue weighted by atomic mass is 9.39. The summed E-state index contributed by atoms with van der Waals surface area (Å²) in [5, 5.41) is 22.4. The minimum atomic E-state index is -4.30. The fourth-order valence-corrected chi connectivity index (χ4v) is 8.90. The number of hydrogen-bond acceptors (Lipinski definition) is 3. The van der Waals surface area contributed by atoms with E-state index >= 15 is 0 Å². The van der Waals surface area contributed by atoms with Crippen LogP contribution in [0.15, 0.2) is 11.6 Å². The molecular weight excluding hydrogens is 426 g/mol. The third-order valence-corrected chi connectivity index (χ3v) is 10.5. The van der Waals surface area contributed by atoms with Crippen molar-refractivity contribution in [3.63, 3.8) is 0 Å². The Kier molecular flexibility index (Phi) is 6.19. The maximum absolute atomic E-state index is 13.0. The van der Waals surface area contributed by atoms with Gasteiger partial charge < -0.3 is 10.2 Å². The van der Waals surface area contributed by atoms with Gasteiger partial charge in [0.15, 0.2) is 0 Å². The van der Waals surface area contributed by atoms with E-state index < -0.39 is 17.4 Å². The summed E-state index contributed by atoms with van der Waals surface area (Å²) < 4.78 is 38.9. The molecule has 0 spiro atoms. The van der Waals surface area contributed by atoms with Gasteiger partial charge >= 0.3 is 6.30 Å². The van der Waals surface area contributed by atoms with Crippen molar-refractivity contribution in [1.82, 2.24) is 4.90 Å². The molecule has 3 fully saturated rings. The van der Waals surface area contributed by atoms with Crippen molar-refractivity contribution in [2.45, 2.75) is 96.5 Å². The molecule has 9 atom stereocenters. The second-order valence-corrected chi connectivity index (χ2v) is 12.8. The molecule has 186 valence electrons.